The van der Waals surface area contributed by atoms with Gasteiger partial charge in [-0.1, -0.05) is 44.7 Å². The van der Waals surface area contributed by atoms with Gasteiger partial charge in [-0.15, -0.1) is 0 Å². The van der Waals surface area contributed by atoms with Crippen LogP contribution in [0.1, 0.15) is 37.6 Å². The van der Waals surface area contributed by atoms with Gasteiger partial charge in [0.2, 0.25) is 0 Å². The number of hydrogen-bond donors (Lipinski definition) is 2. The van der Waals surface area contributed by atoms with Gasteiger partial charge in [-0.05, 0) is 24.5 Å². The number of aromatic nitrogens is 4. The summed E-state index contributed by atoms with van der Waals surface area (Å²) in [5.74, 6) is 2.63. The average Bonchev–Trinajstić information content (AvgIpc) is 3.18. The van der Waals surface area contributed by atoms with Crippen LogP contribution in [0, 0.1) is 5.92 Å². The van der Waals surface area contributed by atoms with Gasteiger partial charge in [0.15, 0.2) is 10.8 Å². The number of amides is 1. The number of rotatable bonds is 11. The van der Waals surface area contributed by atoms with Crippen molar-refractivity contribution in [2.45, 2.75) is 38.9 Å². The largest absolute Gasteiger partial charge is 0.496 e. The molecule has 0 aliphatic rings. The Bertz CT molecular complexity index is 1020. The first-order chi connectivity index (χ1) is 15.0. The zero-order valence-electron chi connectivity index (χ0n) is 18.5. The normalized spacial score (nSPS) is 11.1. The number of hydrogen-bond acceptors (Lipinski definition) is 7. The van der Waals surface area contributed by atoms with Gasteiger partial charge in [0.05, 0.1) is 30.8 Å². The number of ether oxygens (including phenoxy) is 1. The maximum absolute atomic E-state index is 12.5. The Balaban J connectivity index is 1.75. The highest BCUT2D eigenvalue weighted by Gasteiger charge is 2.15. The van der Waals surface area contributed by atoms with Gasteiger partial charge < -0.3 is 15.4 Å². The van der Waals surface area contributed by atoms with E-state index in [9.17, 15) is 4.79 Å². The van der Waals surface area contributed by atoms with Gasteiger partial charge >= 0.3 is 0 Å². The van der Waals surface area contributed by atoms with E-state index in [-0.39, 0.29) is 5.91 Å². The summed E-state index contributed by atoms with van der Waals surface area (Å²) < 4.78 is 7.09. The third kappa shape index (κ3) is 5.88. The van der Waals surface area contributed by atoms with E-state index in [1.165, 1.54) is 0 Å². The summed E-state index contributed by atoms with van der Waals surface area (Å²) in [6, 6.07) is 7.17. The monoisotopic (exact) mass is 442 g/mol. The summed E-state index contributed by atoms with van der Waals surface area (Å²) in [4.78, 5) is 22.0. The summed E-state index contributed by atoms with van der Waals surface area (Å²) in [6.45, 7) is 8.20. The number of carbonyl (C=O) groups is 1. The molecule has 3 aromatic rings. The van der Waals surface area contributed by atoms with E-state index in [0.29, 0.717) is 30.3 Å². The lowest BCUT2D eigenvalue weighted by atomic mass is 10.2. The minimum atomic E-state index is -0.179. The standard InChI is InChI=1S/C22H30N6O2S/c1-5-12-31-22-26-19(24-13-15(2)3)17-14-25-28(20(17)27-22)11-10-23-21(29)16-8-6-7-9-18(16)30-4/h6-9,14-15H,5,10-13H2,1-4H3,(H,23,29)(H,24,26,27). The number of benzene rings is 1. The molecular weight excluding hydrogens is 412 g/mol. The fraction of sp³-hybridized carbons (Fsp3) is 0.455. The maximum atomic E-state index is 12.5. The number of fused-ring (bicyclic) bond motifs is 1. The predicted molar refractivity (Wildman–Crippen MR) is 125 cm³/mol. The lowest BCUT2D eigenvalue weighted by Crippen LogP contribution is -2.28. The van der Waals surface area contributed by atoms with Crippen LogP contribution in [0.3, 0.4) is 0 Å². The highest BCUT2D eigenvalue weighted by atomic mass is 32.2. The van der Waals surface area contributed by atoms with Crippen molar-refractivity contribution in [2.75, 3.05) is 31.3 Å². The number of carbonyl (C=O) groups excluding carboxylic acids is 1. The Morgan fingerprint density at radius 1 is 1.26 bits per heavy atom. The van der Waals surface area contributed by atoms with Gasteiger partial charge in [0.1, 0.15) is 11.6 Å². The lowest BCUT2D eigenvalue weighted by molar-refractivity contribution is 0.0949. The Hall–Kier alpha value is -2.81. The summed E-state index contributed by atoms with van der Waals surface area (Å²) in [7, 11) is 1.56. The van der Waals surface area contributed by atoms with Crippen molar-refractivity contribution in [2.24, 2.45) is 5.92 Å². The summed E-state index contributed by atoms with van der Waals surface area (Å²) in [6.07, 6.45) is 2.84. The molecule has 0 spiro atoms. The average molecular weight is 443 g/mol. The van der Waals surface area contributed by atoms with E-state index in [4.69, 9.17) is 14.7 Å². The zero-order chi connectivity index (χ0) is 22.2. The molecule has 9 heteroatoms. The van der Waals surface area contributed by atoms with Crippen molar-refractivity contribution in [3.05, 3.63) is 36.0 Å². The van der Waals surface area contributed by atoms with Crippen molar-refractivity contribution >= 4 is 34.5 Å². The van der Waals surface area contributed by atoms with Gasteiger partial charge in [-0.3, -0.25) is 4.79 Å². The lowest BCUT2D eigenvalue weighted by Gasteiger charge is -2.11. The van der Waals surface area contributed by atoms with Crippen LogP contribution >= 0.6 is 11.8 Å². The third-order valence-corrected chi connectivity index (χ3v) is 5.60. The smallest absolute Gasteiger partial charge is 0.255 e. The Labute approximate surface area is 187 Å². The molecule has 0 aliphatic carbocycles. The number of anilines is 1. The summed E-state index contributed by atoms with van der Waals surface area (Å²) in [5.41, 5.74) is 1.28. The molecule has 0 aliphatic heterocycles. The van der Waals surface area contributed by atoms with E-state index in [1.807, 2.05) is 16.8 Å². The number of thioether (sulfide) groups is 1. The first-order valence-corrected chi connectivity index (χ1v) is 11.5. The van der Waals surface area contributed by atoms with Crippen LogP contribution in [-0.4, -0.2) is 51.6 Å². The molecule has 0 atom stereocenters. The molecule has 2 N–H and O–H groups in total. The Kier molecular flexibility index (Phi) is 8.11. The van der Waals surface area contributed by atoms with Crippen LogP contribution in [0.2, 0.25) is 0 Å². The second-order valence-corrected chi connectivity index (χ2v) is 8.60. The second kappa shape index (κ2) is 11.0. The van der Waals surface area contributed by atoms with Crippen LogP contribution in [0.15, 0.2) is 35.6 Å². The SMILES string of the molecule is CCCSc1nc(NCC(C)C)c2cnn(CCNC(=O)c3ccccc3OC)c2n1. The molecule has 0 unspecified atom stereocenters. The topological polar surface area (TPSA) is 94.0 Å². The van der Waals surface area contributed by atoms with E-state index in [2.05, 4.69) is 36.5 Å². The van der Waals surface area contributed by atoms with Crippen LogP contribution in [-0.2, 0) is 6.54 Å². The molecule has 166 valence electrons. The molecule has 0 saturated carbocycles. The first-order valence-electron chi connectivity index (χ1n) is 10.5. The summed E-state index contributed by atoms with van der Waals surface area (Å²) >= 11 is 1.64. The Morgan fingerprint density at radius 3 is 2.81 bits per heavy atom. The fourth-order valence-corrected chi connectivity index (χ4v) is 3.69. The maximum Gasteiger partial charge on any atom is 0.255 e. The number of para-hydroxylation sites is 1. The molecule has 1 aromatic carbocycles. The van der Waals surface area contributed by atoms with E-state index >= 15 is 0 Å². The second-order valence-electron chi connectivity index (χ2n) is 7.54. The van der Waals surface area contributed by atoms with E-state index < -0.39 is 0 Å². The highest BCUT2D eigenvalue weighted by molar-refractivity contribution is 7.99. The van der Waals surface area contributed by atoms with Crippen molar-refractivity contribution in [1.29, 1.82) is 0 Å². The van der Waals surface area contributed by atoms with E-state index in [1.54, 1.807) is 37.2 Å². The van der Waals surface area contributed by atoms with Crippen molar-refractivity contribution in [1.82, 2.24) is 25.1 Å². The molecule has 0 saturated heterocycles. The van der Waals surface area contributed by atoms with Gasteiger partial charge in [0, 0.05) is 18.8 Å². The van der Waals surface area contributed by atoms with Gasteiger partial charge in [-0.25, -0.2) is 14.6 Å². The van der Waals surface area contributed by atoms with Crippen LogP contribution < -0.4 is 15.4 Å². The first kappa shape index (κ1) is 22.9. The third-order valence-electron chi connectivity index (χ3n) is 4.55. The quantitative estimate of drug-likeness (QED) is 0.344. The molecule has 0 radical (unpaired) electrons. The molecule has 0 bridgehead atoms. The number of nitrogens with one attached hydrogen (secondary N) is 2. The zero-order valence-corrected chi connectivity index (χ0v) is 19.3. The summed E-state index contributed by atoms with van der Waals surface area (Å²) in [5, 5.41) is 12.5. The minimum Gasteiger partial charge on any atom is -0.496 e. The van der Waals surface area contributed by atoms with Crippen LogP contribution in [0.5, 0.6) is 5.75 Å². The number of nitrogens with zero attached hydrogens (tertiary/aromatic N) is 4. The Morgan fingerprint density at radius 2 is 2.06 bits per heavy atom. The molecule has 1 amide bonds. The van der Waals surface area contributed by atoms with Crippen LogP contribution in [0.25, 0.3) is 11.0 Å². The van der Waals surface area contributed by atoms with Crippen molar-refractivity contribution < 1.29 is 9.53 Å². The molecule has 2 heterocycles. The molecule has 3 rings (SSSR count). The molecule has 0 fully saturated rings. The van der Waals surface area contributed by atoms with Crippen molar-refractivity contribution in [3.8, 4) is 5.75 Å². The fourth-order valence-electron chi connectivity index (χ4n) is 3.00. The minimum absolute atomic E-state index is 0.179. The number of methoxy groups -OCH3 is 1. The molecule has 2 aromatic heterocycles. The molecule has 8 nitrogen and oxygen atoms in total. The predicted octanol–water partition coefficient (Wildman–Crippen LogP) is 3.83. The molecule has 31 heavy (non-hydrogen) atoms. The van der Waals surface area contributed by atoms with Gasteiger partial charge in [-0.2, -0.15) is 5.10 Å². The van der Waals surface area contributed by atoms with Crippen LogP contribution in [0.4, 0.5) is 5.82 Å². The molecular formula is C22H30N6O2S. The van der Waals surface area contributed by atoms with Gasteiger partial charge in [0.25, 0.3) is 5.91 Å². The highest BCUT2D eigenvalue weighted by Crippen LogP contribution is 2.25. The van der Waals surface area contributed by atoms with Crippen molar-refractivity contribution in [3.63, 3.8) is 0 Å². The van der Waals surface area contributed by atoms with E-state index in [0.717, 1.165) is 40.7 Å².